The molecule has 0 unspecified atom stereocenters. The van der Waals surface area contributed by atoms with Gasteiger partial charge in [0.25, 0.3) is 0 Å². The highest BCUT2D eigenvalue weighted by atomic mass is 79.9. The van der Waals surface area contributed by atoms with Gasteiger partial charge in [0.15, 0.2) is 0 Å². The monoisotopic (exact) mass is 375 g/mol. The summed E-state index contributed by atoms with van der Waals surface area (Å²) >= 11 is 9.44. The molecule has 1 heterocycles. The Bertz CT molecular complexity index is 524. The zero-order chi connectivity index (χ0) is 15.6. The van der Waals surface area contributed by atoms with Crippen molar-refractivity contribution < 1.29 is 14.3 Å². The lowest BCUT2D eigenvalue weighted by atomic mass is 10.0. The van der Waals surface area contributed by atoms with E-state index in [4.69, 9.17) is 21.1 Å². The molecule has 21 heavy (non-hydrogen) atoms. The lowest BCUT2D eigenvalue weighted by Crippen LogP contribution is -2.53. The Morgan fingerprint density at radius 2 is 2.10 bits per heavy atom. The summed E-state index contributed by atoms with van der Waals surface area (Å²) in [6.07, 6.45) is -0.263. The molecule has 1 amide bonds. The summed E-state index contributed by atoms with van der Waals surface area (Å²) in [5.74, 6) is 0.979. The SMILES string of the molecule is CC(C)(C)OC(=O)N1CC(COc2ccc(Br)cc2Cl)C1. The standard InChI is InChI=1S/C15H19BrClNO3/c1-15(2,3)21-14(19)18-7-10(8-18)9-20-13-5-4-11(16)6-12(13)17/h4-6,10H,7-9H2,1-3H3. The molecule has 0 spiro atoms. The summed E-state index contributed by atoms with van der Waals surface area (Å²) in [6.45, 7) is 7.44. The van der Waals surface area contributed by atoms with Gasteiger partial charge in [-0.15, -0.1) is 0 Å². The van der Waals surface area contributed by atoms with Crippen LogP contribution >= 0.6 is 27.5 Å². The van der Waals surface area contributed by atoms with Crippen LogP contribution in [0.4, 0.5) is 4.79 Å². The largest absolute Gasteiger partial charge is 0.492 e. The molecule has 6 heteroatoms. The molecule has 0 aromatic heterocycles. The zero-order valence-electron chi connectivity index (χ0n) is 12.4. The Hall–Kier alpha value is -0.940. The molecular weight excluding hydrogens is 358 g/mol. The highest BCUT2D eigenvalue weighted by molar-refractivity contribution is 9.10. The molecule has 1 aliphatic heterocycles. The smallest absolute Gasteiger partial charge is 0.410 e. The van der Waals surface area contributed by atoms with Gasteiger partial charge in [0.1, 0.15) is 11.4 Å². The van der Waals surface area contributed by atoms with Crippen molar-refractivity contribution >= 4 is 33.6 Å². The molecule has 116 valence electrons. The normalized spacial score (nSPS) is 15.6. The number of ether oxygens (including phenoxy) is 2. The minimum Gasteiger partial charge on any atom is -0.492 e. The van der Waals surface area contributed by atoms with E-state index in [1.165, 1.54) is 0 Å². The van der Waals surface area contributed by atoms with Crippen molar-refractivity contribution in [3.8, 4) is 5.75 Å². The zero-order valence-corrected chi connectivity index (χ0v) is 14.7. The molecule has 1 aliphatic rings. The molecule has 2 rings (SSSR count). The topological polar surface area (TPSA) is 38.8 Å². The van der Waals surface area contributed by atoms with E-state index in [1.54, 1.807) is 11.0 Å². The first-order chi connectivity index (χ1) is 9.74. The average molecular weight is 377 g/mol. The predicted molar refractivity (Wildman–Crippen MR) is 85.9 cm³/mol. The molecule has 1 fully saturated rings. The number of rotatable bonds is 3. The van der Waals surface area contributed by atoms with Crippen LogP contribution in [0.2, 0.25) is 5.02 Å². The molecule has 0 saturated carbocycles. The lowest BCUT2D eigenvalue weighted by Gasteiger charge is -2.39. The van der Waals surface area contributed by atoms with Crippen LogP contribution in [0.1, 0.15) is 20.8 Å². The lowest BCUT2D eigenvalue weighted by molar-refractivity contribution is -0.00781. The number of halogens is 2. The van der Waals surface area contributed by atoms with Crippen LogP contribution in [0, 0.1) is 5.92 Å². The molecule has 1 aromatic rings. The molecular formula is C15H19BrClNO3. The first-order valence-corrected chi connectivity index (χ1v) is 7.97. The van der Waals surface area contributed by atoms with Crippen molar-refractivity contribution in [2.75, 3.05) is 19.7 Å². The Labute approximate surface area is 138 Å². The minimum atomic E-state index is -0.455. The van der Waals surface area contributed by atoms with Crippen molar-refractivity contribution in [1.29, 1.82) is 0 Å². The van der Waals surface area contributed by atoms with E-state index >= 15 is 0 Å². The van der Waals surface area contributed by atoms with Gasteiger partial charge in [-0.2, -0.15) is 0 Å². The molecule has 1 saturated heterocycles. The van der Waals surface area contributed by atoms with Crippen LogP contribution < -0.4 is 4.74 Å². The molecule has 4 nitrogen and oxygen atoms in total. The summed E-state index contributed by atoms with van der Waals surface area (Å²) in [5.41, 5.74) is -0.455. The highest BCUT2D eigenvalue weighted by Gasteiger charge is 2.34. The quantitative estimate of drug-likeness (QED) is 0.787. The Kier molecular flexibility index (Phi) is 5.04. The molecule has 0 atom stereocenters. The number of likely N-dealkylation sites (tertiary alicyclic amines) is 1. The van der Waals surface area contributed by atoms with E-state index in [0.29, 0.717) is 36.4 Å². The maximum atomic E-state index is 11.8. The Balaban J connectivity index is 1.75. The van der Waals surface area contributed by atoms with Gasteiger partial charge in [0.05, 0.1) is 11.6 Å². The van der Waals surface area contributed by atoms with Gasteiger partial charge >= 0.3 is 6.09 Å². The van der Waals surface area contributed by atoms with Gasteiger partial charge in [0, 0.05) is 23.5 Å². The minimum absolute atomic E-state index is 0.263. The second-order valence-corrected chi connectivity index (χ2v) is 7.46. The van der Waals surface area contributed by atoms with E-state index < -0.39 is 5.60 Å². The van der Waals surface area contributed by atoms with Crippen molar-refractivity contribution in [2.45, 2.75) is 26.4 Å². The number of carbonyl (C=O) groups is 1. The van der Waals surface area contributed by atoms with Crippen molar-refractivity contribution in [1.82, 2.24) is 4.90 Å². The third-order valence-electron chi connectivity index (χ3n) is 2.98. The first kappa shape index (κ1) is 16.4. The van der Waals surface area contributed by atoms with Crippen LogP contribution in [-0.2, 0) is 4.74 Å². The predicted octanol–water partition coefficient (Wildman–Crippen LogP) is 4.35. The molecule has 0 bridgehead atoms. The van der Waals surface area contributed by atoms with Crippen molar-refractivity contribution in [2.24, 2.45) is 5.92 Å². The Morgan fingerprint density at radius 3 is 2.67 bits per heavy atom. The van der Waals surface area contributed by atoms with Crippen LogP contribution in [0.25, 0.3) is 0 Å². The first-order valence-electron chi connectivity index (χ1n) is 6.80. The van der Waals surface area contributed by atoms with Gasteiger partial charge < -0.3 is 14.4 Å². The van der Waals surface area contributed by atoms with Crippen LogP contribution in [0.15, 0.2) is 22.7 Å². The van der Waals surface area contributed by atoms with Crippen molar-refractivity contribution in [3.63, 3.8) is 0 Å². The van der Waals surface area contributed by atoms with Gasteiger partial charge in [-0.05, 0) is 39.0 Å². The number of amides is 1. The summed E-state index contributed by atoms with van der Waals surface area (Å²) < 4.78 is 11.9. The molecule has 0 aliphatic carbocycles. The van der Waals surface area contributed by atoms with E-state index in [0.717, 1.165) is 4.47 Å². The maximum Gasteiger partial charge on any atom is 0.410 e. The van der Waals surface area contributed by atoms with E-state index in [-0.39, 0.29) is 6.09 Å². The molecule has 0 N–H and O–H groups in total. The fourth-order valence-corrected chi connectivity index (χ4v) is 2.68. The highest BCUT2D eigenvalue weighted by Crippen LogP contribution is 2.29. The van der Waals surface area contributed by atoms with Gasteiger partial charge in [-0.1, -0.05) is 27.5 Å². The summed E-state index contributed by atoms with van der Waals surface area (Å²) in [5, 5.41) is 0.577. The third-order valence-corrected chi connectivity index (χ3v) is 3.77. The Morgan fingerprint density at radius 1 is 1.43 bits per heavy atom. The number of nitrogens with zero attached hydrogens (tertiary/aromatic N) is 1. The van der Waals surface area contributed by atoms with Crippen molar-refractivity contribution in [3.05, 3.63) is 27.7 Å². The average Bonchev–Trinajstić information content (AvgIpc) is 2.27. The number of carbonyl (C=O) groups excluding carboxylic acids is 1. The maximum absolute atomic E-state index is 11.8. The van der Waals surface area contributed by atoms with E-state index in [2.05, 4.69) is 15.9 Å². The third kappa shape index (κ3) is 4.78. The summed E-state index contributed by atoms with van der Waals surface area (Å²) in [7, 11) is 0. The van der Waals surface area contributed by atoms with E-state index in [1.807, 2.05) is 32.9 Å². The summed E-state index contributed by atoms with van der Waals surface area (Å²) in [6, 6.07) is 5.51. The van der Waals surface area contributed by atoms with Gasteiger partial charge in [-0.25, -0.2) is 4.79 Å². The fourth-order valence-electron chi connectivity index (χ4n) is 1.95. The van der Waals surface area contributed by atoms with E-state index in [9.17, 15) is 4.79 Å². The fraction of sp³-hybridized carbons (Fsp3) is 0.533. The molecule has 0 radical (unpaired) electrons. The summed E-state index contributed by atoms with van der Waals surface area (Å²) in [4.78, 5) is 13.5. The number of hydrogen-bond acceptors (Lipinski definition) is 3. The second kappa shape index (κ2) is 6.44. The number of hydrogen-bond donors (Lipinski definition) is 0. The second-order valence-electron chi connectivity index (χ2n) is 6.14. The molecule has 1 aromatic carbocycles. The van der Waals surface area contributed by atoms with Crippen LogP contribution in [-0.4, -0.2) is 36.3 Å². The van der Waals surface area contributed by atoms with Gasteiger partial charge in [-0.3, -0.25) is 0 Å². The van der Waals surface area contributed by atoms with Crippen LogP contribution in [0.3, 0.4) is 0 Å². The van der Waals surface area contributed by atoms with Gasteiger partial charge in [0.2, 0.25) is 0 Å². The number of benzene rings is 1. The van der Waals surface area contributed by atoms with Crippen LogP contribution in [0.5, 0.6) is 5.75 Å².